The number of morpholine rings is 1. The molecular weight excluding hydrogens is 256 g/mol. The van der Waals surface area contributed by atoms with E-state index in [9.17, 15) is 0 Å². The maximum atomic E-state index is 6.15. The summed E-state index contributed by atoms with van der Waals surface area (Å²) >= 11 is 0. The molecule has 1 aromatic heterocycles. The summed E-state index contributed by atoms with van der Waals surface area (Å²) in [6.45, 7) is 8.96. The molecule has 2 saturated heterocycles. The van der Waals surface area contributed by atoms with Crippen LogP contribution in [-0.4, -0.2) is 40.8 Å². The molecule has 2 aliphatic rings. The van der Waals surface area contributed by atoms with Crippen LogP contribution in [0.2, 0.25) is 0 Å². The Bertz CT molecular complexity index is 468. The van der Waals surface area contributed by atoms with Crippen molar-refractivity contribution < 1.29 is 9.26 Å². The second kappa shape index (κ2) is 5.09. The van der Waals surface area contributed by atoms with E-state index in [-0.39, 0.29) is 17.6 Å². The van der Waals surface area contributed by atoms with Gasteiger partial charge in [0, 0.05) is 12.6 Å². The number of rotatable bonds is 2. The average molecular weight is 280 g/mol. The molecule has 3 heterocycles. The summed E-state index contributed by atoms with van der Waals surface area (Å²) in [6, 6.07) is 0.321. The predicted octanol–water partition coefficient (Wildman–Crippen LogP) is 1.65. The molecule has 1 aromatic rings. The van der Waals surface area contributed by atoms with E-state index in [1.54, 1.807) is 0 Å². The number of hydrogen-bond donors (Lipinski definition) is 1. The van der Waals surface area contributed by atoms with Crippen molar-refractivity contribution >= 4 is 0 Å². The number of nitrogens with two attached hydrogens (primary N) is 1. The minimum absolute atomic E-state index is 0.0889. The Hall–Kier alpha value is -0.980. The van der Waals surface area contributed by atoms with Crippen LogP contribution < -0.4 is 5.73 Å². The van der Waals surface area contributed by atoms with E-state index in [4.69, 9.17) is 15.0 Å². The van der Waals surface area contributed by atoms with Crippen LogP contribution in [0.3, 0.4) is 0 Å². The molecule has 3 rings (SSSR count). The summed E-state index contributed by atoms with van der Waals surface area (Å²) < 4.78 is 11.2. The lowest BCUT2D eigenvalue weighted by molar-refractivity contribution is -0.0548. The van der Waals surface area contributed by atoms with Gasteiger partial charge in [0.1, 0.15) is 6.10 Å². The van der Waals surface area contributed by atoms with Gasteiger partial charge < -0.3 is 15.0 Å². The van der Waals surface area contributed by atoms with Crippen LogP contribution in [0.25, 0.3) is 0 Å². The molecule has 20 heavy (non-hydrogen) atoms. The van der Waals surface area contributed by atoms with E-state index in [2.05, 4.69) is 35.8 Å². The Morgan fingerprint density at radius 3 is 2.95 bits per heavy atom. The predicted molar refractivity (Wildman–Crippen MR) is 74.0 cm³/mol. The maximum absolute atomic E-state index is 6.15. The fourth-order valence-corrected chi connectivity index (χ4v) is 2.85. The van der Waals surface area contributed by atoms with Gasteiger partial charge in [-0.2, -0.15) is 4.98 Å². The third-order valence-corrected chi connectivity index (χ3v) is 4.33. The third-order valence-electron chi connectivity index (χ3n) is 4.33. The summed E-state index contributed by atoms with van der Waals surface area (Å²) in [7, 11) is 0. The highest BCUT2D eigenvalue weighted by Crippen LogP contribution is 2.32. The zero-order chi connectivity index (χ0) is 14.3. The lowest BCUT2D eigenvalue weighted by Gasteiger charge is -2.33. The SMILES string of the molecule is CC(C)(C)[C@H](N)c1nc(C2CN3CCCC3CO2)no1. The second-order valence-corrected chi connectivity index (χ2v) is 6.95. The van der Waals surface area contributed by atoms with Crippen molar-refractivity contribution in [1.82, 2.24) is 15.0 Å². The summed E-state index contributed by atoms with van der Waals surface area (Å²) in [5.74, 6) is 1.13. The van der Waals surface area contributed by atoms with E-state index < -0.39 is 0 Å². The normalized spacial score (nSPS) is 29.4. The van der Waals surface area contributed by atoms with Gasteiger partial charge in [-0.15, -0.1) is 0 Å². The van der Waals surface area contributed by atoms with Crippen LogP contribution in [0.4, 0.5) is 0 Å². The highest BCUT2D eigenvalue weighted by molar-refractivity contribution is 5.01. The van der Waals surface area contributed by atoms with Crippen LogP contribution in [0.15, 0.2) is 4.52 Å². The van der Waals surface area contributed by atoms with Crippen molar-refractivity contribution in [2.24, 2.45) is 11.1 Å². The maximum Gasteiger partial charge on any atom is 0.244 e. The first-order chi connectivity index (χ1) is 9.45. The quantitative estimate of drug-likeness (QED) is 0.887. The van der Waals surface area contributed by atoms with Crippen molar-refractivity contribution in [1.29, 1.82) is 0 Å². The Balaban J connectivity index is 1.71. The van der Waals surface area contributed by atoms with Crippen LogP contribution in [-0.2, 0) is 4.74 Å². The van der Waals surface area contributed by atoms with E-state index >= 15 is 0 Å². The Morgan fingerprint density at radius 1 is 1.40 bits per heavy atom. The minimum Gasteiger partial charge on any atom is -0.367 e. The van der Waals surface area contributed by atoms with Crippen LogP contribution in [0.5, 0.6) is 0 Å². The highest BCUT2D eigenvalue weighted by atomic mass is 16.5. The van der Waals surface area contributed by atoms with Crippen molar-refractivity contribution in [3.8, 4) is 0 Å². The monoisotopic (exact) mass is 280 g/mol. The summed E-state index contributed by atoms with van der Waals surface area (Å²) in [5.41, 5.74) is 6.05. The second-order valence-electron chi connectivity index (χ2n) is 6.95. The zero-order valence-electron chi connectivity index (χ0n) is 12.5. The number of hydrogen-bond acceptors (Lipinski definition) is 6. The molecule has 0 amide bonds. The van der Waals surface area contributed by atoms with Crippen molar-refractivity contribution in [3.05, 3.63) is 11.7 Å². The molecule has 6 heteroatoms. The van der Waals surface area contributed by atoms with Gasteiger partial charge in [-0.05, 0) is 24.8 Å². The fourth-order valence-electron chi connectivity index (χ4n) is 2.85. The molecule has 2 aliphatic heterocycles. The molecule has 0 radical (unpaired) electrons. The average Bonchev–Trinajstić information content (AvgIpc) is 3.04. The first kappa shape index (κ1) is 14.0. The molecule has 3 atom stereocenters. The largest absolute Gasteiger partial charge is 0.367 e. The lowest BCUT2D eigenvalue weighted by Crippen LogP contribution is -2.42. The van der Waals surface area contributed by atoms with Crippen LogP contribution >= 0.6 is 0 Å². The molecule has 0 aromatic carbocycles. The molecule has 112 valence electrons. The van der Waals surface area contributed by atoms with Crippen molar-refractivity contribution in [2.75, 3.05) is 19.7 Å². The van der Waals surface area contributed by atoms with Gasteiger partial charge in [-0.3, -0.25) is 4.90 Å². The fraction of sp³-hybridized carbons (Fsp3) is 0.857. The summed E-state index contributed by atoms with van der Waals surface area (Å²) in [5, 5.41) is 4.07. The topological polar surface area (TPSA) is 77.4 Å². The molecule has 0 spiro atoms. The highest BCUT2D eigenvalue weighted by Gasteiger charge is 2.36. The van der Waals surface area contributed by atoms with Gasteiger partial charge in [0.25, 0.3) is 0 Å². The molecule has 2 N–H and O–H groups in total. The lowest BCUT2D eigenvalue weighted by atomic mass is 9.87. The first-order valence-electron chi connectivity index (χ1n) is 7.40. The van der Waals surface area contributed by atoms with E-state index in [1.807, 2.05) is 0 Å². The summed E-state index contributed by atoms with van der Waals surface area (Å²) in [6.07, 6.45) is 2.40. The van der Waals surface area contributed by atoms with Gasteiger partial charge in [0.05, 0.1) is 12.6 Å². The standard InChI is InChI=1S/C14H24N4O2/c1-14(2,3)11(15)13-16-12(17-20-13)10-7-18-6-4-5-9(18)8-19-10/h9-11H,4-8,15H2,1-3H3/t9?,10?,11-/m1/s1. The van der Waals surface area contributed by atoms with Gasteiger partial charge in [-0.1, -0.05) is 25.9 Å². The van der Waals surface area contributed by atoms with Crippen LogP contribution in [0, 0.1) is 5.41 Å². The third kappa shape index (κ3) is 2.60. The Labute approximate surface area is 119 Å². The zero-order valence-corrected chi connectivity index (χ0v) is 12.5. The smallest absolute Gasteiger partial charge is 0.244 e. The molecule has 2 fully saturated rings. The number of aromatic nitrogens is 2. The van der Waals surface area contributed by atoms with Gasteiger partial charge >= 0.3 is 0 Å². The molecule has 6 nitrogen and oxygen atoms in total. The van der Waals surface area contributed by atoms with Gasteiger partial charge in [0.15, 0.2) is 0 Å². The number of ether oxygens (including phenoxy) is 1. The molecule has 2 unspecified atom stereocenters. The molecule has 0 bridgehead atoms. The van der Waals surface area contributed by atoms with Crippen LogP contribution in [0.1, 0.15) is 57.5 Å². The molecular formula is C14H24N4O2. The Kier molecular flexibility index (Phi) is 3.56. The molecule has 0 saturated carbocycles. The Morgan fingerprint density at radius 2 is 2.20 bits per heavy atom. The van der Waals surface area contributed by atoms with Gasteiger partial charge in [-0.25, -0.2) is 0 Å². The van der Waals surface area contributed by atoms with Gasteiger partial charge in [0.2, 0.25) is 11.7 Å². The molecule has 0 aliphatic carbocycles. The summed E-state index contributed by atoms with van der Waals surface area (Å²) in [4.78, 5) is 6.93. The van der Waals surface area contributed by atoms with E-state index in [0.717, 1.165) is 19.7 Å². The van der Waals surface area contributed by atoms with Crippen molar-refractivity contribution in [3.63, 3.8) is 0 Å². The van der Waals surface area contributed by atoms with E-state index in [1.165, 1.54) is 12.8 Å². The van der Waals surface area contributed by atoms with Crippen molar-refractivity contribution in [2.45, 2.75) is 51.8 Å². The number of fused-ring (bicyclic) bond motifs is 1. The minimum atomic E-state index is -0.258. The first-order valence-corrected chi connectivity index (χ1v) is 7.40. The van der Waals surface area contributed by atoms with E-state index in [0.29, 0.717) is 17.8 Å². The number of nitrogens with zero attached hydrogens (tertiary/aromatic N) is 3.